The summed E-state index contributed by atoms with van der Waals surface area (Å²) in [4.78, 5) is 10.3. The lowest BCUT2D eigenvalue weighted by Crippen LogP contribution is -2.45. The molecule has 2 rings (SSSR count). The molecule has 1 aliphatic rings. The fourth-order valence-corrected chi connectivity index (χ4v) is 3.47. The highest BCUT2D eigenvalue weighted by Gasteiger charge is 2.29. The topological polar surface area (TPSA) is 75.6 Å². The zero-order valence-electron chi connectivity index (χ0n) is 12.7. The van der Waals surface area contributed by atoms with Crippen molar-refractivity contribution < 1.29 is 13.2 Å². The van der Waals surface area contributed by atoms with E-state index in [4.69, 9.17) is 4.74 Å². The molecule has 21 heavy (non-hydrogen) atoms. The summed E-state index contributed by atoms with van der Waals surface area (Å²) in [7, 11) is 0.567. The van der Waals surface area contributed by atoms with Gasteiger partial charge in [-0.25, -0.2) is 18.4 Å². The highest BCUT2D eigenvalue weighted by Crippen LogP contribution is 2.24. The molecule has 1 saturated heterocycles. The molecule has 8 heteroatoms. The first-order chi connectivity index (χ1) is 9.94. The number of ether oxygens (including phenoxy) is 1. The van der Waals surface area contributed by atoms with Gasteiger partial charge >= 0.3 is 0 Å². The number of hydrogen-bond acceptors (Lipinski definition) is 6. The highest BCUT2D eigenvalue weighted by atomic mass is 32.2. The van der Waals surface area contributed by atoms with E-state index in [0.29, 0.717) is 24.8 Å². The average Bonchev–Trinajstić information content (AvgIpc) is 2.48. The Bertz CT molecular complexity index is 577. The van der Waals surface area contributed by atoms with E-state index in [0.717, 1.165) is 12.8 Å². The maximum absolute atomic E-state index is 12.0. The van der Waals surface area contributed by atoms with Gasteiger partial charge in [-0.2, -0.15) is 4.31 Å². The summed E-state index contributed by atoms with van der Waals surface area (Å²) in [5.41, 5.74) is 0. The van der Waals surface area contributed by atoms with Gasteiger partial charge in [-0.1, -0.05) is 0 Å². The van der Waals surface area contributed by atoms with Gasteiger partial charge in [0, 0.05) is 33.0 Å². The van der Waals surface area contributed by atoms with Crippen molar-refractivity contribution in [1.82, 2.24) is 14.3 Å². The Labute approximate surface area is 126 Å². The molecule has 0 N–H and O–H groups in total. The van der Waals surface area contributed by atoms with Crippen molar-refractivity contribution in [3.8, 4) is 5.88 Å². The molecule has 0 aromatic carbocycles. The quantitative estimate of drug-likeness (QED) is 0.798. The normalized spacial score (nSPS) is 20.2. The second-order valence-corrected chi connectivity index (χ2v) is 7.48. The Morgan fingerprint density at radius 3 is 2.76 bits per heavy atom. The number of anilines is 1. The summed E-state index contributed by atoms with van der Waals surface area (Å²) in [6.45, 7) is 2.60. The standard InChI is InChI=1S/C13H22N4O3S/c1-4-21(18,19)17-9-5-6-11(10-17)20-13-12(16(2)3)14-7-8-15-13/h7-8,11H,4-6,9-10H2,1-3H3. The number of piperidine rings is 1. The molecule has 0 aliphatic carbocycles. The van der Waals surface area contributed by atoms with E-state index in [1.807, 2.05) is 19.0 Å². The molecule has 0 amide bonds. The van der Waals surface area contributed by atoms with Crippen molar-refractivity contribution in [2.45, 2.75) is 25.9 Å². The molecule has 7 nitrogen and oxygen atoms in total. The molecular formula is C13H22N4O3S. The van der Waals surface area contributed by atoms with Crippen LogP contribution in [0.4, 0.5) is 5.82 Å². The first kappa shape index (κ1) is 16.0. The van der Waals surface area contributed by atoms with Crippen LogP contribution in [0.25, 0.3) is 0 Å². The van der Waals surface area contributed by atoms with Crippen LogP contribution in [0.3, 0.4) is 0 Å². The first-order valence-corrected chi connectivity index (χ1v) is 8.67. The van der Waals surface area contributed by atoms with Crippen LogP contribution in [-0.4, -0.2) is 61.7 Å². The van der Waals surface area contributed by atoms with Crippen LogP contribution in [0.2, 0.25) is 0 Å². The third kappa shape index (κ3) is 3.82. The third-order valence-corrected chi connectivity index (χ3v) is 5.30. The van der Waals surface area contributed by atoms with Gasteiger partial charge < -0.3 is 9.64 Å². The predicted molar refractivity (Wildman–Crippen MR) is 81.0 cm³/mol. The van der Waals surface area contributed by atoms with Gasteiger partial charge in [-0.15, -0.1) is 0 Å². The van der Waals surface area contributed by atoms with Crippen molar-refractivity contribution in [1.29, 1.82) is 0 Å². The SMILES string of the molecule is CCS(=O)(=O)N1CCCC(Oc2nccnc2N(C)C)C1. The van der Waals surface area contributed by atoms with Gasteiger partial charge in [0.2, 0.25) is 10.0 Å². The summed E-state index contributed by atoms with van der Waals surface area (Å²) in [6.07, 6.45) is 4.61. The molecule has 0 saturated carbocycles. The molecule has 1 aliphatic heterocycles. The summed E-state index contributed by atoms with van der Waals surface area (Å²) >= 11 is 0. The molecule has 0 spiro atoms. The van der Waals surface area contributed by atoms with Gasteiger partial charge in [-0.3, -0.25) is 0 Å². The van der Waals surface area contributed by atoms with Crippen molar-refractivity contribution in [2.24, 2.45) is 0 Å². The van der Waals surface area contributed by atoms with Crippen LogP contribution in [0.5, 0.6) is 5.88 Å². The van der Waals surface area contributed by atoms with Crippen molar-refractivity contribution in [3.05, 3.63) is 12.4 Å². The second-order valence-electron chi connectivity index (χ2n) is 5.22. The second kappa shape index (κ2) is 6.57. The van der Waals surface area contributed by atoms with Gasteiger partial charge in [0.05, 0.1) is 12.3 Å². The van der Waals surface area contributed by atoms with E-state index < -0.39 is 10.0 Å². The summed E-state index contributed by atoms with van der Waals surface area (Å²) in [5.74, 6) is 1.21. The fourth-order valence-electron chi connectivity index (χ4n) is 2.30. The number of hydrogen-bond donors (Lipinski definition) is 0. The smallest absolute Gasteiger partial charge is 0.257 e. The lowest BCUT2D eigenvalue weighted by atomic mass is 10.1. The zero-order chi connectivity index (χ0) is 15.5. The Hall–Kier alpha value is -1.41. The largest absolute Gasteiger partial charge is 0.470 e. The van der Waals surface area contributed by atoms with Crippen molar-refractivity contribution in [3.63, 3.8) is 0 Å². The molecular weight excluding hydrogens is 292 g/mol. The average molecular weight is 314 g/mol. The fraction of sp³-hybridized carbons (Fsp3) is 0.692. The van der Waals surface area contributed by atoms with Gasteiger partial charge in [0.1, 0.15) is 6.10 Å². The van der Waals surface area contributed by atoms with Crippen molar-refractivity contribution >= 4 is 15.8 Å². The third-order valence-electron chi connectivity index (χ3n) is 3.45. The molecule has 1 fully saturated rings. The van der Waals surface area contributed by atoms with Gasteiger partial charge in [0.25, 0.3) is 5.88 Å². The maximum Gasteiger partial charge on any atom is 0.257 e. The minimum absolute atomic E-state index is 0.119. The van der Waals surface area contributed by atoms with Crippen LogP contribution in [0.1, 0.15) is 19.8 Å². The Balaban J connectivity index is 2.10. The molecule has 0 radical (unpaired) electrons. The van der Waals surface area contributed by atoms with E-state index in [1.54, 1.807) is 19.3 Å². The number of nitrogens with zero attached hydrogens (tertiary/aromatic N) is 4. The lowest BCUT2D eigenvalue weighted by Gasteiger charge is -2.32. The van der Waals surface area contributed by atoms with Crippen LogP contribution in [0.15, 0.2) is 12.4 Å². The van der Waals surface area contributed by atoms with E-state index >= 15 is 0 Å². The monoisotopic (exact) mass is 314 g/mol. The number of sulfonamides is 1. The van der Waals surface area contributed by atoms with Crippen molar-refractivity contribution in [2.75, 3.05) is 37.8 Å². The molecule has 2 heterocycles. The maximum atomic E-state index is 12.0. The molecule has 118 valence electrons. The summed E-state index contributed by atoms with van der Waals surface area (Å²) < 4.78 is 31.3. The van der Waals surface area contributed by atoms with E-state index in [-0.39, 0.29) is 11.9 Å². The van der Waals surface area contributed by atoms with Gasteiger partial charge in [-0.05, 0) is 19.8 Å². The predicted octanol–water partition coefficient (Wildman–Crippen LogP) is 0.735. The Morgan fingerprint density at radius 2 is 2.10 bits per heavy atom. The Morgan fingerprint density at radius 1 is 1.38 bits per heavy atom. The molecule has 0 bridgehead atoms. The van der Waals surface area contributed by atoms with Crippen LogP contribution < -0.4 is 9.64 Å². The zero-order valence-corrected chi connectivity index (χ0v) is 13.5. The molecule has 1 aromatic rings. The van der Waals surface area contributed by atoms with Crippen LogP contribution in [0, 0.1) is 0 Å². The van der Waals surface area contributed by atoms with E-state index in [9.17, 15) is 8.42 Å². The van der Waals surface area contributed by atoms with Crippen LogP contribution >= 0.6 is 0 Å². The summed E-state index contributed by atoms with van der Waals surface area (Å²) in [6, 6.07) is 0. The number of aromatic nitrogens is 2. The molecule has 1 aromatic heterocycles. The molecule has 1 unspecified atom stereocenters. The Kier molecular flexibility index (Phi) is 5.00. The van der Waals surface area contributed by atoms with E-state index in [1.165, 1.54) is 4.31 Å². The lowest BCUT2D eigenvalue weighted by molar-refractivity contribution is 0.125. The van der Waals surface area contributed by atoms with Gasteiger partial charge in [0.15, 0.2) is 5.82 Å². The highest BCUT2D eigenvalue weighted by molar-refractivity contribution is 7.89. The minimum atomic E-state index is -3.17. The molecule has 1 atom stereocenters. The summed E-state index contributed by atoms with van der Waals surface area (Å²) in [5, 5.41) is 0. The first-order valence-electron chi connectivity index (χ1n) is 7.07. The van der Waals surface area contributed by atoms with E-state index in [2.05, 4.69) is 9.97 Å². The number of rotatable bonds is 5. The minimum Gasteiger partial charge on any atom is -0.470 e. The van der Waals surface area contributed by atoms with Crippen LogP contribution in [-0.2, 0) is 10.0 Å².